The SMILES string of the molecule is COc1ccc(-c2ccc3c(c2)C=CC(=O)C3)c2c(Cl)c(C(F)(F)F)nn12. The molecule has 0 unspecified atom stereocenters. The molecule has 2 aromatic heterocycles. The van der Waals surface area contributed by atoms with Gasteiger partial charge in [-0.2, -0.15) is 22.8 Å². The molecule has 0 saturated heterocycles. The highest BCUT2D eigenvalue weighted by Gasteiger charge is 2.38. The smallest absolute Gasteiger partial charge is 0.436 e. The number of rotatable bonds is 2. The predicted molar refractivity (Wildman–Crippen MR) is 94.9 cm³/mol. The lowest BCUT2D eigenvalue weighted by Gasteiger charge is -2.13. The molecule has 0 aliphatic heterocycles. The number of alkyl halides is 3. The molecule has 0 bridgehead atoms. The molecule has 27 heavy (non-hydrogen) atoms. The van der Waals surface area contributed by atoms with Gasteiger partial charge in [-0.15, -0.1) is 0 Å². The first-order valence-corrected chi connectivity index (χ1v) is 8.34. The first kappa shape index (κ1) is 17.6. The van der Waals surface area contributed by atoms with E-state index in [2.05, 4.69) is 5.10 Å². The average molecular weight is 393 g/mol. The summed E-state index contributed by atoms with van der Waals surface area (Å²) in [6, 6.07) is 8.54. The summed E-state index contributed by atoms with van der Waals surface area (Å²) in [5.74, 6) is 0.144. The number of pyridine rings is 1. The van der Waals surface area contributed by atoms with Gasteiger partial charge in [0.05, 0.1) is 17.6 Å². The summed E-state index contributed by atoms with van der Waals surface area (Å²) in [7, 11) is 1.35. The third-order valence-electron chi connectivity index (χ3n) is 4.43. The van der Waals surface area contributed by atoms with E-state index in [1.54, 1.807) is 24.3 Å². The number of nitrogens with zero attached hydrogens (tertiary/aromatic N) is 2. The van der Waals surface area contributed by atoms with Crippen LogP contribution in [0.15, 0.2) is 36.4 Å². The molecule has 0 atom stereocenters. The molecular formula is C19H12ClF3N2O2. The molecule has 0 fully saturated rings. The van der Waals surface area contributed by atoms with Gasteiger partial charge >= 0.3 is 6.18 Å². The Morgan fingerprint density at radius 2 is 1.96 bits per heavy atom. The summed E-state index contributed by atoms with van der Waals surface area (Å²) in [5.41, 5.74) is 1.80. The number of methoxy groups -OCH3 is 1. The van der Waals surface area contributed by atoms with E-state index in [4.69, 9.17) is 16.3 Å². The van der Waals surface area contributed by atoms with Crippen LogP contribution in [0.1, 0.15) is 16.8 Å². The van der Waals surface area contributed by atoms with Crippen LogP contribution in [0, 0.1) is 0 Å². The Balaban J connectivity index is 1.97. The van der Waals surface area contributed by atoms with Crippen LogP contribution in [0.2, 0.25) is 5.02 Å². The van der Waals surface area contributed by atoms with Crippen LogP contribution in [0.4, 0.5) is 13.2 Å². The van der Waals surface area contributed by atoms with Gasteiger partial charge in [0.2, 0.25) is 5.88 Å². The summed E-state index contributed by atoms with van der Waals surface area (Å²) in [6.07, 6.45) is -1.20. The normalized spacial score (nSPS) is 13.9. The standard InChI is InChI=1S/C19H12ClF3N2O2/c1-27-15-7-6-14(17-16(20)18(19(21,22)23)24-25(15)17)12-3-2-11-9-13(26)5-4-10(11)8-12/h2-8H,9H2,1H3. The highest BCUT2D eigenvalue weighted by molar-refractivity contribution is 6.35. The van der Waals surface area contributed by atoms with Crippen molar-refractivity contribution in [3.05, 3.63) is 58.3 Å². The molecule has 0 radical (unpaired) electrons. The molecule has 0 N–H and O–H groups in total. The van der Waals surface area contributed by atoms with Crippen molar-refractivity contribution in [1.82, 2.24) is 9.61 Å². The quantitative estimate of drug-likeness (QED) is 0.628. The summed E-state index contributed by atoms with van der Waals surface area (Å²) in [4.78, 5) is 11.5. The van der Waals surface area contributed by atoms with E-state index in [0.717, 1.165) is 15.6 Å². The van der Waals surface area contributed by atoms with Gasteiger partial charge in [0.1, 0.15) is 0 Å². The van der Waals surface area contributed by atoms with Gasteiger partial charge < -0.3 is 4.74 Å². The zero-order chi connectivity index (χ0) is 19.3. The fourth-order valence-corrected chi connectivity index (χ4v) is 3.50. The maximum absolute atomic E-state index is 13.3. The molecule has 4 rings (SSSR count). The van der Waals surface area contributed by atoms with Crippen molar-refractivity contribution in [2.24, 2.45) is 0 Å². The zero-order valence-corrected chi connectivity index (χ0v) is 14.7. The maximum atomic E-state index is 13.3. The van der Waals surface area contributed by atoms with Crippen LogP contribution in [-0.4, -0.2) is 22.5 Å². The molecule has 0 saturated carbocycles. The number of hydrogen-bond donors (Lipinski definition) is 0. The number of halogens is 4. The molecule has 0 spiro atoms. The fraction of sp³-hybridized carbons (Fsp3) is 0.158. The van der Waals surface area contributed by atoms with Crippen LogP contribution < -0.4 is 4.74 Å². The van der Waals surface area contributed by atoms with Crippen LogP contribution in [-0.2, 0) is 17.4 Å². The highest BCUT2D eigenvalue weighted by Crippen LogP contribution is 2.41. The Bertz CT molecular complexity index is 1120. The molecule has 138 valence electrons. The minimum absolute atomic E-state index is 0.00995. The van der Waals surface area contributed by atoms with Crippen molar-refractivity contribution in [2.45, 2.75) is 12.6 Å². The molecule has 0 amide bonds. The van der Waals surface area contributed by atoms with E-state index >= 15 is 0 Å². The molecule has 4 nitrogen and oxygen atoms in total. The van der Waals surface area contributed by atoms with Crippen LogP contribution in [0.3, 0.4) is 0 Å². The van der Waals surface area contributed by atoms with E-state index < -0.39 is 16.9 Å². The molecule has 1 aromatic carbocycles. The van der Waals surface area contributed by atoms with E-state index in [-0.39, 0.29) is 17.2 Å². The van der Waals surface area contributed by atoms with Crippen molar-refractivity contribution in [3.8, 4) is 17.0 Å². The van der Waals surface area contributed by atoms with Crippen LogP contribution in [0.25, 0.3) is 22.7 Å². The number of ether oxygens (including phenoxy) is 1. The third kappa shape index (κ3) is 2.88. The van der Waals surface area contributed by atoms with Gasteiger partial charge in [-0.1, -0.05) is 29.8 Å². The number of benzene rings is 1. The van der Waals surface area contributed by atoms with Crippen LogP contribution in [0.5, 0.6) is 5.88 Å². The number of ketones is 1. The summed E-state index contributed by atoms with van der Waals surface area (Å²) < 4.78 is 46.0. The largest absolute Gasteiger partial charge is 0.481 e. The molecule has 1 aliphatic carbocycles. The molecule has 1 aliphatic rings. The summed E-state index contributed by atoms with van der Waals surface area (Å²) in [6.45, 7) is 0. The Kier molecular flexibility index (Phi) is 3.99. The van der Waals surface area contributed by atoms with Crippen LogP contribution >= 0.6 is 11.6 Å². The van der Waals surface area contributed by atoms with Crippen molar-refractivity contribution in [1.29, 1.82) is 0 Å². The van der Waals surface area contributed by atoms with Gasteiger partial charge in [0.15, 0.2) is 11.5 Å². The van der Waals surface area contributed by atoms with Crippen molar-refractivity contribution >= 4 is 29.0 Å². The van der Waals surface area contributed by atoms with Gasteiger partial charge in [-0.25, -0.2) is 0 Å². The van der Waals surface area contributed by atoms with Crippen molar-refractivity contribution in [2.75, 3.05) is 7.11 Å². The summed E-state index contributed by atoms with van der Waals surface area (Å²) >= 11 is 6.07. The fourth-order valence-electron chi connectivity index (χ4n) is 3.17. The number of carbonyl (C=O) groups excluding carboxylic acids is 1. The minimum Gasteiger partial charge on any atom is -0.481 e. The second kappa shape index (κ2) is 6.13. The number of allylic oxidation sites excluding steroid dienone is 1. The zero-order valence-electron chi connectivity index (χ0n) is 14.0. The third-order valence-corrected chi connectivity index (χ3v) is 4.79. The number of carbonyl (C=O) groups is 1. The molecule has 8 heteroatoms. The lowest BCUT2D eigenvalue weighted by Crippen LogP contribution is -2.07. The Labute approximate surface area is 156 Å². The topological polar surface area (TPSA) is 43.6 Å². The minimum atomic E-state index is -4.69. The summed E-state index contributed by atoms with van der Waals surface area (Å²) in [5, 5.41) is 3.13. The predicted octanol–water partition coefficient (Wildman–Crippen LogP) is 4.82. The van der Waals surface area contributed by atoms with Gasteiger partial charge in [0, 0.05) is 18.1 Å². The number of hydrogen-bond acceptors (Lipinski definition) is 3. The lowest BCUT2D eigenvalue weighted by molar-refractivity contribution is -0.141. The van der Waals surface area contributed by atoms with Crippen molar-refractivity contribution in [3.63, 3.8) is 0 Å². The van der Waals surface area contributed by atoms with Gasteiger partial charge in [-0.3, -0.25) is 4.79 Å². The molecular weight excluding hydrogens is 381 g/mol. The lowest BCUT2D eigenvalue weighted by atomic mass is 9.93. The number of aromatic nitrogens is 2. The van der Waals surface area contributed by atoms with E-state index in [1.165, 1.54) is 19.3 Å². The average Bonchev–Trinajstić information content (AvgIpc) is 2.99. The highest BCUT2D eigenvalue weighted by atomic mass is 35.5. The monoisotopic (exact) mass is 392 g/mol. The second-order valence-corrected chi connectivity index (χ2v) is 6.48. The first-order valence-electron chi connectivity index (χ1n) is 7.96. The van der Waals surface area contributed by atoms with E-state index in [0.29, 0.717) is 17.5 Å². The maximum Gasteiger partial charge on any atom is 0.436 e. The molecule has 2 heterocycles. The number of fused-ring (bicyclic) bond motifs is 2. The Morgan fingerprint density at radius 3 is 2.67 bits per heavy atom. The van der Waals surface area contributed by atoms with Gasteiger partial charge in [0.25, 0.3) is 0 Å². The van der Waals surface area contributed by atoms with Gasteiger partial charge in [-0.05, 0) is 34.9 Å². The Morgan fingerprint density at radius 1 is 1.19 bits per heavy atom. The van der Waals surface area contributed by atoms with E-state index in [9.17, 15) is 18.0 Å². The van der Waals surface area contributed by atoms with Crippen molar-refractivity contribution < 1.29 is 22.7 Å². The molecule has 3 aromatic rings. The Hall–Kier alpha value is -2.80. The second-order valence-electron chi connectivity index (χ2n) is 6.10. The van der Waals surface area contributed by atoms with E-state index in [1.807, 2.05) is 6.07 Å². The first-order chi connectivity index (χ1) is 12.8.